The second-order valence-corrected chi connectivity index (χ2v) is 7.56. The average Bonchev–Trinajstić information content (AvgIpc) is 3.36. The van der Waals surface area contributed by atoms with Gasteiger partial charge in [0.1, 0.15) is 5.75 Å². The molecular formula is C21H20N6O2S. The molecule has 1 N–H and O–H groups in total. The molecule has 0 aliphatic rings. The topological polar surface area (TPSA) is 94.8 Å². The van der Waals surface area contributed by atoms with Gasteiger partial charge >= 0.3 is 0 Å². The van der Waals surface area contributed by atoms with Crippen LogP contribution in [0.15, 0.2) is 42.5 Å². The molecule has 1 amide bonds. The third-order valence-electron chi connectivity index (χ3n) is 4.84. The summed E-state index contributed by atoms with van der Waals surface area (Å²) >= 11 is 1.10. The van der Waals surface area contributed by atoms with E-state index in [1.807, 2.05) is 13.0 Å². The lowest BCUT2D eigenvalue weighted by Crippen LogP contribution is -2.11. The van der Waals surface area contributed by atoms with Crippen LogP contribution in [0, 0.1) is 20.8 Å². The lowest BCUT2D eigenvalue weighted by Gasteiger charge is -2.06. The van der Waals surface area contributed by atoms with E-state index >= 15 is 0 Å². The zero-order chi connectivity index (χ0) is 21.3. The van der Waals surface area contributed by atoms with Crippen molar-refractivity contribution in [1.29, 1.82) is 0 Å². The summed E-state index contributed by atoms with van der Waals surface area (Å²) in [6.07, 6.45) is 0. The van der Waals surface area contributed by atoms with E-state index < -0.39 is 0 Å². The van der Waals surface area contributed by atoms with Gasteiger partial charge in [-0.3, -0.25) is 10.1 Å². The van der Waals surface area contributed by atoms with Gasteiger partial charge < -0.3 is 4.74 Å². The molecule has 8 nitrogen and oxygen atoms in total. The Kier molecular flexibility index (Phi) is 5.28. The number of methoxy groups -OCH3 is 1. The van der Waals surface area contributed by atoms with Gasteiger partial charge in [0.25, 0.3) is 5.91 Å². The molecule has 4 aromatic rings. The van der Waals surface area contributed by atoms with Gasteiger partial charge in [0.15, 0.2) is 11.5 Å². The van der Waals surface area contributed by atoms with Crippen molar-refractivity contribution >= 4 is 22.6 Å². The SMILES string of the molecule is COc1ccc(C(=O)Nc2nc(-c3nnn(-c4ccc(C)c(C)c4)c3C)ns2)cc1. The van der Waals surface area contributed by atoms with Crippen LogP contribution in [0.3, 0.4) is 0 Å². The molecule has 0 fully saturated rings. The maximum Gasteiger partial charge on any atom is 0.257 e. The normalized spacial score (nSPS) is 10.8. The summed E-state index contributed by atoms with van der Waals surface area (Å²) in [4.78, 5) is 16.8. The molecule has 2 heterocycles. The van der Waals surface area contributed by atoms with Gasteiger partial charge in [0.2, 0.25) is 5.13 Å². The molecular weight excluding hydrogens is 400 g/mol. The fourth-order valence-corrected chi connectivity index (χ4v) is 3.49. The Balaban J connectivity index is 1.54. The molecule has 0 unspecified atom stereocenters. The second-order valence-electron chi connectivity index (χ2n) is 6.81. The molecule has 4 rings (SSSR count). The van der Waals surface area contributed by atoms with Gasteiger partial charge in [0, 0.05) is 17.1 Å². The molecule has 0 saturated heterocycles. The quantitative estimate of drug-likeness (QED) is 0.525. The van der Waals surface area contributed by atoms with Crippen LogP contribution in [0.2, 0.25) is 0 Å². The number of hydrogen-bond acceptors (Lipinski definition) is 7. The monoisotopic (exact) mass is 420 g/mol. The van der Waals surface area contributed by atoms with Crippen LogP contribution < -0.4 is 10.1 Å². The minimum atomic E-state index is -0.268. The molecule has 0 bridgehead atoms. The largest absolute Gasteiger partial charge is 0.497 e. The number of anilines is 1. The van der Waals surface area contributed by atoms with Gasteiger partial charge in [-0.05, 0) is 68.3 Å². The van der Waals surface area contributed by atoms with Crippen LogP contribution in [0.5, 0.6) is 5.75 Å². The average molecular weight is 420 g/mol. The smallest absolute Gasteiger partial charge is 0.257 e. The van der Waals surface area contributed by atoms with Gasteiger partial charge in [-0.15, -0.1) is 5.10 Å². The number of nitrogens with one attached hydrogen (secondary N) is 1. The van der Waals surface area contributed by atoms with Crippen LogP contribution in [0.1, 0.15) is 27.2 Å². The molecule has 0 spiro atoms. The van der Waals surface area contributed by atoms with E-state index in [1.54, 1.807) is 36.1 Å². The highest BCUT2D eigenvalue weighted by molar-refractivity contribution is 7.10. The molecule has 2 aromatic heterocycles. The van der Waals surface area contributed by atoms with E-state index in [-0.39, 0.29) is 5.91 Å². The molecule has 0 atom stereocenters. The number of nitrogens with zero attached hydrogens (tertiary/aromatic N) is 5. The van der Waals surface area contributed by atoms with E-state index in [4.69, 9.17) is 4.74 Å². The van der Waals surface area contributed by atoms with E-state index in [9.17, 15) is 4.79 Å². The summed E-state index contributed by atoms with van der Waals surface area (Å²) in [6.45, 7) is 6.05. The third kappa shape index (κ3) is 3.79. The Morgan fingerprint density at radius 1 is 1.07 bits per heavy atom. The van der Waals surface area contributed by atoms with E-state index in [0.717, 1.165) is 22.9 Å². The first-order chi connectivity index (χ1) is 14.5. The van der Waals surface area contributed by atoms with Crippen LogP contribution in [0.4, 0.5) is 5.13 Å². The van der Waals surface area contributed by atoms with Crippen LogP contribution in [-0.2, 0) is 0 Å². The predicted octanol–water partition coefficient (Wildman–Crippen LogP) is 3.97. The van der Waals surface area contributed by atoms with Gasteiger partial charge in [-0.1, -0.05) is 11.3 Å². The van der Waals surface area contributed by atoms with Crippen molar-refractivity contribution in [3.05, 3.63) is 64.8 Å². The first-order valence-electron chi connectivity index (χ1n) is 9.25. The Hall–Kier alpha value is -3.59. The first-order valence-corrected chi connectivity index (χ1v) is 10.0. The zero-order valence-corrected chi connectivity index (χ0v) is 17.8. The van der Waals surface area contributed by atoms with Crippen LogP contribution >= 0.6 is 11.5 Å². The second kappa shape index (κ2) is 8.03. The highest BCUT2D eigenvalue weighted by Gasteiger charge is 2.18. The molecule has 0 radical (unpaired) electrons. The molecule has 2 aromatic carbocycles. The number of ether oxygens (including phenoxy) is 1. The molecule has 0 aliphatic heterocycles. The number of carbonyl (C=O) groups is 1. The maximum atomic E-state index is 12.4. The number of aromatic nitrogens is 5. The summed E-state index contributed by atoms with van der Waals surface area (Å²) in [6, 6.07) is 13.0. The van der Waals surface area contributed by atoms with Gasteiger partial charge in [-0.25, -0.2) is 4.68 Å². The van der Waals surface area contributed by atoms with E-state index in [2.05, 4.69) is 51.0 Å². The number of benzene rings is 2. The van der Waals surface area contributed by atoms with Crippen molar-refractivity contribution < 1.29 is 9.53 Å². The highest BCUT2D eigenvalue weighted by Crippen LogP contribution is 2.25. The molecule has 0 aliphatic carbocycles. The summed E-state index contributed by atoms with van der Waals surface area (Å²) in [7, 11) is 1.58. The van der Waals surface area contributed by atoms with Crippen molar-refractivity contribution in [2.24, 2.45) is 0 Å². The minimum absolute atomic E-state index is 0.268. The van der Waals surface area contributed by atoms with Crippen molar-refractivity contribution in [3.63, 3.8) is 0 Å². The summed E-state index contributed by atoms with van der Waals surface area (Å²) < 4.78 is 11.2. The van der Waals surface area contributed by atoms with Gasteiger partial charge in [0.05, 0.1) is 18.5 Å². The lowest BCUT2D eigenvalue weighted by atomic mass is 10.1. The fourth-order valence-electron chi connectivity index (χ4n) is 2.92. The zero-order valence-electron chi connectivity index (χ0n) is 17.0. The maximum absolute atomic E-state index is 12.4. The Morgan fingerprint density at radius 2 is 1.83 bits per heavy atom. The number of amides is 1. The molecule has 152 valence electrons. The van der Waals surface area contributed by atoms with Crippen LogP contribution in [-0.4, -0.2) is 37.4 Å². The van der Waals surface area contributed by atoms with Crippen molar-refractivity contribution in [2.45, 2.75) is 20.8 Å². The standard InChI is InChI=1S/C21H20N6O2S/c1-12-5-8-16(11-13(12)2)27-14(3)18(24-26-27)19-22-21(30-25-19)23-20(28)15-6-9-17(29-4)10-7-15/h5-11H,1-4H3,(H,22,23,25,28). The van der Waals surface area contributed by atoms with Crippen molar-refractivity contribution in [1.82, 2.24) is 24.4 Å². The summed E-state index contributed by atoms with van der Waals surface area (Å²) in [5, 5.41) is 11.7. The van der Waals surface area contributed by atoms with Gasteiger partial charge in [-0.2, -0.15) is 9.36 Å². The van der Waals surface area contributed by atoms with Crippen molar-refractivity contribution in [2.75, 3.05) is 12.4 Å². The number of carbonyl (C=O) groups excluding carboxylic acids is 1. The number of hydrogen-bond donors (Lipinski definition) is 1. The summed E-state index contributed by atoms with van der Waals surface area (Å²) in [5.74, 6) is 0.848. The summed E-state index contributed by atoms with van der Waals surface area (Å²) in [5.41, 5.74) is 5.23. The molecule has 9 heteroatoms. The Labute approximate surface area is 177 Å². The Bertz CT molecular complexity index is 1210. The van der Waals surface area contributed by atoms with E-state index in [0.29, 0.717) is 28.0 Å². The fraction of sp³-hybridized carbons (Fsp3) is 0.190. The minimum Gasteiger partial charge on any atom is -0.497 e. The highest BCUT2D eigenvalue weighted by atomic mass is 32.1. The lowest BCUT2D eigenvalue weighted by molar-refractivity contribution is 0.102. The molecule has 0 saturated carbocycles. The third-order valence-corrected chi connectivity index (χ3v) is 5.47. The molecule has 30 heavy (non-hydrogen) atoms. The van der Waals surface area contributed by atoms with Crippen LogP contribution in [0.25, 0.3) is 17.2 Å². The van der Waals surface area contributed by atoms with Crippen molar-refractivity contribution in [3.8, 4) is 23.0 Å². The van der Waals surface area contributed by atoms with E-state index in [1.165, 1.54) is 11.1 Å². The number of aryl methyl sites for hydroxylation is 2. The predicted molar refractivity (Wildman–Crippen MR) is 115 cm³/mol. The number of rotatable bonds is 5. The first kappa shape index (κ1) is 19.7. The Morgan fingerprint density at radius 3 is 2.53 bits per heavy atom.